The van der Waals surface area contributed by atoms with Gasteiger partial charge in [0.15, 0.2) is 5.78 Å². The van der Waals surface area contributed by atoms with Crippen molar-refractivity contribution in [2.45, 2.75) is 13.3 Å². The summed E-state index contributed by atoms with van der Waals surface area (Å²) >= 11 is 0. The van der Waals surface area contributed by atoms with Crippen LogP contribution in [0.4, 0.5) is 0 Å². The predicted molar refractivity (Wildman–Crippen MR) is 46.6 cm³/mol. The molecule has 1 N–H and O–H groups in total. The third kappa shape index (κ3) is 3.08. The van der Waals surface area contributed by atoms with Gasteiger partial charge in [0.25, 0.3) is 0 Å². The minimum absolute atomic E-state index is 0.0790. The summed E-state index contributed by atoms with van der Waals surface area (Å²) in [7, 11) is 0. The second-order valence-corrected chi connectivity index (χ2v) is 3.84. The Labute approximate surface area is 82.0 Å². The van der Waals surface area contributed by atoms with Crippen LogP contribution in [0.2, 0.25) is 0 Å². The third-order valence-corrected chi connectivity index (χ3v) is 2.02. The average molecular weight is 202 g/mol. The Hall–Kier alpha value is -0.940. The molecule has 80 valence electrons. The zero-order chi connectivity index (χ0) is 10.6. The molecule has 0 aromatic heterocycles. The molecule has 0 bridgehead atoms. The Morgan fingerprint density at radius 3 is 2.79 bits per heavy atom. The van der Waals surface area contributed by atoms with E-state index in [-0.39, 0.29) is 38.6 Å². The second kappa shape index (κ2) is 4.52. The molecule has 5 heteroatoms. The number of carbonyl (C=O) groups is 2. The van der Waals surface area contributed by atoms with Crippen molar-refractivity contribution in [1.82, 2.24) is 0 Å². The lowest BCUT2D eigenvalue weighted by Crippen LogP contribution is -2.33. The van der Waals surface area contributed by atoms with E-state index in [9.17, 15) is 9.59 Å². The molecule has 0 radical (unpaired) electrons. The lowest BCUT2D eigenvalue weighted by Gasteiger charge is -2.24. The van der Waals surface area contributed by atoms with E-state index >= 15 is 0 Å². The van der Waals surface area contributed by atoms with Crippen LogP contribution in [-0.2, 0) is 19.1 Å². The summed E-state index contributed by atoms with van der Waals surface area (Å²) in [5.41, 5.74) is -0.611. The third-order valence-electron chi connectivity index (χ3n) is 2.02. The number of cyclic esters (lactones) is 1. The molecule has 1 heterocycles. The number of aliphatic hydroxyl groups excluding tert-OH is 1. The topological polar surface area (TPSA) is 72.8 Å². The highest BCUT2D eigenvalue weighted by molar-refractivity contribution is 5.96. The Morgan fingerprint density at radius 1 is 1.43 bits per heavy atom. The van der Waals surface area contributed by atoms with Gasteiger partial charge < -0.3 is 14.6 Å². The number of ether oxygens (including phenoxy) is 2. The summed E-state index contributed by atoms with van der Waals surface area (Å²) < 4.78 is 9.92. The molecule has 14 heavy (non-hydrogen) atoms. The van der Waals surface area contributed by atoms with Crippen LogP contribution < -0.4 is 0 Å². The molecule has 1 aliphatic heterocycles. The zero-order valence-corrected chi connectivity index (χ0v) is 8.12. The molecule has 1 rings (SSSR count). The second-order valence-electron chi connectivity index (χ2n) is 3.84. The van der Waals surface area contributed by atoms with Gasteiger partial charge in [-0.2, -0.15) is 0 Å². The van der Waals surface area contributed by atoms with Crippen molar-refractivity contribution in [3.05, 3.63) is 0 Å². The molecule has 5 nitrogen and oxygen atoms in total. The smallest absolute Gasteiger partial charge is 0.313 e. The van der Waals surface area contributed by atoms with Crippen LogP contribution in [0.15, 0.2) is 0 Å². The van der Waals surface area contributed by atoms with Crippen LogP contribution in [-0.4, -0.2) is 43.3 Å². The molecule has 0 aromatic rings. The minimum atomic E-state index is -0.611. The maximum Gasteiger partial charge on any atom is 0.313 e. The van der Waals surface area contributed by atoms with Crippen molar-refractivity contribution in [1.29, 1.82) is 0 Å². The van der Waals surface area contributed by atoms with E-state index < -0.39 is 11.4 Å². The predicted octanol–water partition coefficient (Wildman–Crippen LogP) is -0.482. The van der Waals surface area contributed by atoms with Crippen molar-refractivity contribution in [3.63, 3.8) is 0 Å². The fourth-order valence-corrected chi connectivity index (χ4v) is 1.06. The molecular weight excluding hydrogens is 188 g/mol. The SMILES string of the molecule is CC1(CO)COCC(=O)CC(=O)OC1. The first-order valence-electron chi connectivity index (χ1n) is 4.42. The highest BCUT2D eigenvalue weighted by atomic mass is 16.5. The van der Waals surface area contributed by atoms with Gasteiger partial charge in [0, 0.05) is 5.41 Å². The van der Waals surface area contributed by atoms with Gasteiger partial charge in [0.2, 0.25) is 0 Å². The number of carbonyl (C=O) groups excluding carboxylic acids is 2. The van der Waals surface area contributed by atoms with Crippen molar-refractivity contribution < 1.29 is 24.2 Å². The van der Waals surface area contributed by atoms with E-state index in [1.54, 1.807) is 6.92 Å². The fourth-order valence-electron chi connectivity index (χ4n) is 1.06. The minimum Gasteiger partial charge on any atom is -0.465 e. The van der Waals surface area contributed by atoms with Gasteiger partial charge in [-0.3, -0.25) is 9.59 Å². The molecule has 1 saturated heterocycles. The summed E-state index contributed by atoms with van der Waals surface area (Å²) in [6.07, 6.45) is -0.249. The van der Waals surface area contributed by atoms with Crippen LogP contribution >= 0.6 is 0 Å². The van der Waals surface area contributed by atoms with Crippen molar-refractivity contribution in [3.8, 4) is 0 Å². The lowest BCUT2D eigenvalue weighted by atomic mass is 9.94. The number of hydrogen-bond acceptors (Lipinski definition) is 5. The van der Waals surface area contributed by atoms with Gasteiger partial charge >= 0.3 is 5.97 Å². The number of Topliss-reactive ketones (excluding diaryl/α,β-unsaturated/α-hetero) is 1. The van der Waals surface area contributed by atoms with E-state index in [1.807, 2.05) is 0 Å². The molecular formula is C9H14O5. The number of ketones is 1. The van der Waals surface area contributed by atoms with Crippen LogP contribution in [0.5, 0.6) is 0 Å². The van der Waals surface area contributed by atoms with E-state index in [0.29, 0.717) is 0 Å². The van der Waals surface area contributed by atoms with E-state index in [4.69, 9.17) is 14.6 Å². The van der Waals surface area contributed by atoms with Crippen LogP contribution in [0.25, 0.3) is 0 Å². The molecule has 1 fully saturated rings. The number of esters is 1. The highest BCUT2D eigenvalue weighted by Crippen LogP contribution is 2.18. The average Bonchev–Trinajstić information content (AvgIpc) is 2.19. The summed E-state index contributed by atoms with van der Waals surface area (Å²) in [5, 5.41) is 9.05. The van der Waals surface area contributed by atoms with E-state index in [2.05, 4.69) is 0 Å². The number of aliphatic hydroxyl groups is 1. The molecule has 1 atom stereocenters. The van der Waals surface area contributed by atoms with Gasteiger partial charge in [-0.05, 0) is 0 Å². The highest BCUT2D eigenvalue weighted by Gasteiger charge is 2.28. The molecule has 0 aliphatic carbocycles. The quantitative estimate of drug-likeness (QED) is 0.459. The monoisotopic (exact) mass is 202 g/mol. The van der Waals surface area contributed by atoms with Gasteiger partial charge in [-0.25, -0.2) is 0 Å². The molecule has 1 aliphatic rings. The van der Waals surface area contributed by atoms with Crippen LogP contribution in [0, 0.1) is 5.41 Å². The normalized spacial score (nSPS) is 30.1. The number of rotatable bonds is 1. The Morgan fingerprint density at radius 2 is 2.14 bits per heavy atom. The number of hydrogen-bond donors (Lipinski definition) is 1. The van der Waals surface area contributed by atoms with E-state index in [0.717, 1.165) is 0 Å². The Balaban J connectivity index is 2.62. The first-order chi connectivity index (χ1) is 6.56. The first kappa shape index (κ1) is 11.1. The van der Waals surface area contributed by atoms with Gasteiger partial charge in [0.1, 0.15) is 19.6 Å². The maximum absolute atomic E-state index is 11.0. The Bertz CT molecular complexity index is 237. The van der Waals surface area contributed by atoms with E-state index in [1.165, 1.54) is 0 Å². The first-order valence-corrected chi connectivity index (χ1v) is 4.42. The van der Waals surface area contributed by atoms with Crippen LogP contribution in [0.3, 0.4) is 0 Å². The molecule has 1 unspecified atom stereocenters. The van der Waals surface area contributed by atoms with Gasteiger partial charge in [0.05, 0.1) is 13.2 Å². The van der Waals surface area contributed by atoms with Crippen LogP contribution in [0.1, 0.15) is 13.3 Å². The zero-order valence-electron chi connectivity index (χ0n) is 8.12. The maximum atomic E-state index is 11.0. The standard InChI is InChI=1S/C9H14O5/c1-9(4-10)5-13-3-7(11)2-8(12)14-6-9/h10H,2-6H2,1H3. The molecule has 0 spiro atoms. The summed E-state index contributed by atoms with van der Waals surface area (Å²) in [5.74, 6) is -0.850. The van der Waals surface area contributed by atoms with Crippen molar-refractivity contribution in [2.24, 2.45) is 5.41 Å². The molecule has 0 amide bonds. The fraction of sp³-hybridized carbons (Fsp3) is 0.778. The van der Waals surface area contributed by atoms with Crippen molar-refractivity contribution in [2.75, 3.05) is 26.4 Å². The van der Waals surface area contributed by atoms with Gasteiger partial charge in [-0.1, -0.05) is 6.92 Å². The molecule has 0 saturated carbocycles. The Kier molecular flexibility index (Phi) is 3.60. The summed E-state index contributed by atoms with van der Waals surface area (Å²) in [6.45, 7) is 1.79. The summed E-state index contributed by atoms with van der Waals surface area (Å²) in [6, 6.07) is 0. The van der Waals surface area contributed by atoms with Crippen molar-refractivity contribution >= 4 is 11.8 Å². The lowest BCUT2D eigenvalue weighted by molar-refractivity contribution is -0.148. The van der Waals surface area contributed by atoms with Gasteiger partial charge in [-0.15, -0.1) is 0 Å². The largest absolute Gasteiger partial charge is 0.465 e. The molecule has 0 aromatic carbocycles. The summed E-state index contributed by atoms with van der Waals surface area (Å²) in [4.78, 5) is 22.0.